The first-order valence-electron chi connectivity index (χ1n) is 9.64. The molecule has 0 aromatic carbocycles. The summed E-state index contributed by atoms with van der Waals surface area (Å²) >= 11 is 1.78. The maximum Gasteiger partial charge on any atom is 0.244 e. The van der Waals surface area contributed by atoms with Gasteiger partial charge in [-0.3, -0.25) is 9.48 Å². The second-order valence-corrected chi connectivity index (χ2v) is 8.58. The number of aryl methyl sites for hydroxylation is 2. The van der Waals surface area contributed by atoms with E-state index in [4.69, 9.17) is 4.98 Å². The monoisotopic (exact) mass is 409 g/mol. The number of likely N-dealkylation sites (N-methyl/N-ethyl adjacent to an activating group) is 1. The standard InChI is InChI=1S/C19H27N5OS.ClH/c1-23(12-18-21-16-6-2-3-7-17(16)26-18)19(25)13-24-10-8-15(22-24)14-5-4-9-20-11-14;/h8,10,14,20H,2-7,9,11-13H2,1H3;1H. The topological polar surface area (TPSA) is 63.1 Å². The lowest BCUT2D eigenvalue weighted by atomic mass is 9.97. The molecule has 1 amide bonds. The number of carbonyl (C=O) groups is 1. The number of hydrogen-bond donors (Lipinski definition) is 1. The summed E-state index contributed by atoms with van der Waals surface area (Å²) in [6.45, 7) is 2.97. The molecule has 1 fully saturated rings. The van der Waals surface area contributed by atoms with Crippen LogP contribution in [-0.2, 0) is 30.7 Å². The molecule has 8 heteroatoms. The van der Waals surface area contributed by atoms with Crippen LogP contribution in [0.5, 0.6) is 0 Å². The van der Waals surface area contributed by atoms with Gasteiger partial charge in [-0.1, -0.05) is 0 Å². The fourth-order valence-electron chi connectivity index (χ4n) is 3.81. The molecule has 0 bridgehead atoms. The molecule has 27 heavy (non-hydrogen) atoms. The van der Waals surface area contributed by atoms with Gasteiger partial charge >= 0.3 is 0 Å². The maximum absolute atomic E-state index is 12.6. The molecule has 1 aliphatic heterocycles. The number of piperidine rings is 1. The highest BCUT2D eigenvalue weighted by atomic mass is 35.5. The summed E-state index contributed by atoms with van der Waals surface area (Å²) in [4.78, 5) is 20.5. The zero-order chi connectivity index (χ0) is 17.9. The van der Waals surface area contributed by atoms with Crippen LogP contribution in [0.2, 0.25) is 0 Å². The minimum atomic E-state index is 0. The van der Waals surface area contributed by atoms with Gasteiger partial charge in [-0.25, -0.2) is 4.98 Å². The molecule has 0 saturated carbocycles. The number of fused-ring (bicyclic) bond motifs is 1. The van der Waals surface area contributed by atoms with Crippen LogP contribution in [0.15, 0.2) is 12.3 Å². The molecule has 1 saturated heterocycles. The molecule has 1 atom stereocenters. The summed E-state index contributed by atoms with van der Waals surface area (Å²) < 4.78 is 1.77. The van der Waals surface area contributed by atoms with Crippen LogP contribution < -0.4 is 5.32 Å². The summed E-state index contributed by atoms with van der Waals surface area (Å²) in [5, 5.41) is 9.11. The molecule has 2 aromatic rings. The van der Waals surface area contributed by atoms with E-state index in [-0.39, 0.29) is 18.3 Å². The summed E-state index contributed by atoms with van der Waals surface area (Å²) in [5.74, 6) is 0.550. The Bertz CT molecular complexity index is 744. The Hall–Kier alpha value is -1.44. The Morgan fingerprint density at radius 2 is 2.22 bits per heavy atom. The van der Waals surface area contributed by atoms with Crippen LogP contribution in [0.3, 0.4) is 0 Å². The third kappa shape index (κ3) is 4.89. The number of carbonyl (C=O) groups excluding carboxylic acids is 1. The Balaban J connectivity index is 0.00000210. The lowest BCUT2D eigenvalue weighted by Crippen LogP contribution is -2.30. The predicted octanol–water partition coefficient (Wildman–Crippen LogP) is 2.77. The van der Waals surface area contributed by atoms with Crippen LogP contribution in [-0.4, -0.2) is 45.7 Å². The van der Waals surface area contributed by atoms with E-state index >= 15 is 0 Å². The molecule has 2 aromatic heterocycles. The average Bonchev–Trinajstić information content (AvgIpc) is 3.28. The second kappa shape index (κ2) is 9.17. The Labute approximate surface area is 170 Å². The van der Waals surface area contributed by atoms with Crippen LogP contribution >= 0.6 is 23.7 Å². The molecule has 2 aliphatic rings. The van der Waals surface area contributed by atoms with Crippen molar-refractivity contribution in [2.75, 3.05) is 20.1 Å². The molecular weight excluding hydrogens is 382 g/mol. The Kier molecular flexibility index (Phi) is 6.89. The van der Waals surface area contributed by atoms with Gasteiger partial charge in [0.05, 0.1) is 17.9 Å². The van der Waals surface area contributed by atoms with Crippen LogP contribution in [0, 0.1) is 0 Å². The van der Waals surface area contributed by atoms with Crippen molar-refractivity contribution in [3.8, 4) is 0 Å². The minimum absolute atomic E-state index is 0. The zero-order valence-corrected chi connectivity index (χ0v) is 17.4. The minimum Gasteiger partial charge on any atom is -0.337 e. The number of aromatic nitrogens is 3. The van der Waals surface area contributed by atoms with Crippen LogP contribution in [0.4, 0.5) is 0 Å². The molecule has 1 N–H and O–H groups in total. The predicted molar refractivity (Wildman–Crippen MR) is 110 cm³/mol. The average molecular weight is 410 g/mol. The number of rotatable bonds is 5. The molecule has 4 rings (SSSR count). The normalized spacial score (nSPS) is 19.2. The highest BCUT2D eigenvalue weighted by Gasteiger charge is 2.20. The highest BCUT2D eigenvalue weighted by Crippen LogP contribution is 2.27. The third-order valence-corrected chi connectivity index (χ3v) is 6.50. The quantitative estimate of drug-likeness (QED) is 0.824. The molecule has 0 spiro atoms. The van der Waals surface area contributed by atoms with Crippen molar-refractivity contribution in [2.24, 2.45) is 0 Å². The molecule has 0 radical (unpaired) electrons. The van der Waals surface area contributed by atoms with Crippen molar-refractivity contribution in [1.82, 2.24) is 25.0 Å². The zero-order valence-electron chi connectivity index (χ0n) is 15.8. The van der Waals surface area contributed by atoms with Gasteiger partial charge in [0.1, 0.15) is 11.6 Å². The summed E-state index contributed by atoms with van der Waals surface area (Å²) in [6, 6.07) is 2.06. The first kappa shape index (κ1) is 20.3. The molecule has 1 unspecified atom stereocenters. The number of amides is 1. The number of nitrogens with one attached hydrogen (secondary N) is 1. The van der Waals surface area contributed by atoms with Gasteiger partial charge in [0, 0.05) is 30.6 Å². The van der Waals surface area contributed by atoms with E-state index in [1.54, 1.807) is 20.9 Å². The van der Waals surface area contributed by atoms with E-state index in [1.807, 2.05) is 13.2 Å². The Morgan fingerprint density at radius 1 is 1.37 bits per heavy atom. The lowest BCUT2D eigenvalue weighted by molar-refractivity contribution is -0.131. The number of nitrogens with zero attached hydrogens (tertiary/aromatic N) is 4. The molecule has 3 heterocycles. The highest BCUT2D eigenvalue weighted by molar-refractivity contribution is 7.11. The SMILES string of the molecule is CN(Cc1nc2c(s1)CCCC2)C(=O)Cn1ccc(C2CCCNC2)n1.Cl. The van der Waals surface area contributed by atoms with Crippen molar-refractivity contribution < 1.29 is 4.79 Å². The fraction of sp³-hybridized carbons (Fsp3) is 0.632. The van der Waals surface area contributed by atoms with Gasteiger partial charge in [0.15, 0.2) is 0 Å². The van der Waals surface area contributed by atoms with E-state index in [0.717, 1.165) is 36.6 Å². The summed E-state index contributed by atoms with van der Waals surface area (Å²) in [6.07, 6.45) is 9.04. The summed E-state index contributed by atoms with van der Waals surface area (Å²) in [5.41, 5.74) is 2.36. The largest absolute Gasteiger partial charge is 0.337 e. The van der Waals surface area contributed by atoms with Gasteiger partial charge < -0.3 is 10.2 Å². The van der Waals surface area contributed by atoms with Crippen molar-refractivity contribution >= 4 is 29.7 Å². The van der Waals surface area contributed by atoms with Crippen molar-refractivity contribution in [3.63, 3.8) is 0 Å². The molecule has 148 valence electrons. The van der Waals surface area contributed by atoms with Gasteiger partial charge in [-0.2, -0.15) is 5.10 Å². The Morgan fingerprint density at radius 3 is 3.00 bits per heavy atom. The van der Waals surface area contributed by atoms with E-state index < -0.39 is 0 Å². The van der Waals surface area contributed by atoms with E-state index in [2.05, 4.69) is 16.5 Å². The fourth-order valence-corrected chi connectivity index (χ4v) is 5.02. The van der Waals surface area contributed by atoms with E-state index in [1.165, 1.54) is 36.3 Å². The van der Waals surface area contributed by atoms with Crippen molar-refractivity contribution in [1.29, 1.82) is 0 Å². The number of hydrogen-bond acceptors (Lipinski definition) is 5. The van der Waals surface area contributed by atoms with Crippen LogP contribution in [0.1, 0.15) is 52.9 Å². The summed E-state index contributed by atoms with van der Waals surface area (Å²) in [7, 11) is 1.86. The van der Waals surface area contributed by atoms with Gasteiger partial charge in [0.2, 0.25) is 5.91 Å². The second-order valence-electron chi connectivity index (χ2n) is 7.42. The van der Waals surface area contributed by atoms with Crippen molar-refractivity contribution in [3.05, 3.63) is 33.5 Å². The number of halogens is 1. The smallest absolute Gasteiger partial charge is 0.244 e. The maximum atomic E-state index is 12.6. The third-order valence-electron chi connectivity index (χ3n) is 5.36. The van der Waals surface area contributed by atoms with Gasteiger partial charge in [0.25, 0.3) is 0 Å². The van der Waals surface area contributed by atoms with Crippen LogP contribution in [0.25, 0.3) is 0 Å². The lowest BCUT2D eigenvalue weighted by Gasteiger charge is -2.20. The van der Waals surface area contributed by atoms with E-state index in [9.17, 15) is 4.79 Å². The van der Waals surface area contributed by atoms with E-state index in [0.29, 0.717) is 19.0 Å². The van der Waals surface area contributed by atoms with Crippen molar-refractivity contribution in [2.45, 2.75) is 57.5 Å². The first-order valence-corrected chi connectivity index (χ1v) is 10.5. The van der Waals surface area contributed by atoms with Gasteiger partial charge in [-0.05, 0) is 51.1 Å². The van der Waals surface area contributed by atoms with Gasteiger partial charge in [-0.15, -0.1) is 23.7 Å². The molecule has 1 aliphatic carbocycles. The number of thiazole rings is 1. The molecular formula is C19H28ClN5OS. The molecule has 6 nitrogen and oxygen atoms in total. The first-order chi connectivity index (χ1) is 12.7.